The number of halogens is 2. The highest BCUT2D eigenvalue weighted by Crippen LogP contribution is 2.40. The zero-order valence-corrected chi connectivity index (χ0v) is 13.9. The second kappa shape index (κ2) is 6.39. The number of hydrogen-bond donors (Lipinski definition) is 1. The molecule has 0 radical (unpaired) electrons. The van der Waals surface area contributed by atoms with Gasteiger partial charge in [-0.2, -0.15) is 0 Å². The fourth-order valence-electron chi connectivity index (χ4n) is 2.90. The minimum atomic E-state index is -0.0776. The summed E-state index contributed by atoms with van der Waals surface area (Å²) in [6.45, 7) is 0.751. The van der Waals surface area contributed by atoms with E-state index in [9.17, 15) is 0 Å². The van der Waals surface area contributed by atoms with Gasteiger partial charge in [-0.05, 0) is 57.9 Å². The molecule has 2 nitrogen and oxygen atoms in total. The first kappa shape index (κ1) is 14.9. The van der Waals surface area contributed by atoms with Crippen molar-refractivity contribution in [3.05, 3.63) is 63.1 Å². The lowest BCUT2D eigenvalue weighted by atomic mass is 9.86. The number of hydrogen-bond acceptors (Lipinski definition) is 2. The molecule has 2 N–H and O–H groups in total. The molecule has 2 aromatic rings. The average molecular weight is 367 g/mol. The maximum Gasteiger partial charge on any atom is 0.122 e. The van der Waals surface area contributed by atoms with Gasteiger partial charge in [-0.25, -0.2) is 0 Å². The average Bonchev–Trinajstić information content (AvgIpc) is 2.50. The summed E-state index contributed by atoms with van der Waals surface area (Å²) >= 11 is 9.81. The SMILES string of the molecule is NC(CC1CCOc2ccccc21)c1cccc(Br)c1Cl. The van der Waals surface area contributed by atoms with Crippen molar-refractivity contribution in [2.24, 2.45) is 5.73 Å². The zero-order chi connectivity index (χ0) is 14.8. The summed E-state index contributed by atoms with van der Waals surface area (Å²) in [6, 6.07) is 14.1. The van der Waals surface area contributed by atoms with Crippen LogP contribution in [0.2, 0.25) is 5.02 Å². The summed E-state index contributed by atoms with van der Waals surface area (Å²) in [6.07, 6.45) is 1.87. The molecule has 0 bridgehead atoms. The summed E-state index contributed by atoms with van der Waals surface area (Å²) in [4.78, 5) is 0. The topological polar surface area (TPSA) is 35.2 Å². The number of fused-ring (bicyclic) bond motifs is 1. The van der Waals surface area contributed by atoms with Crippen LogP contribution in [0.1, 0.15) is 35.9 Å². The maximum absolute atomic E-state index is 6.41. The van der Waals surface area contributed by atoms with E-state index in [1.807, 2.05) is 30.3 Å². The molecule has 0 amide bonds. The van der Waals surface area contributed by atoms with Crippen molar-refractivity contribution < 1.29 is 4.74 Å². The van der Waals surface area contributed by atoms with E-state index in [-0.39, 0.29) is 6.04 Å². The van der Waals surface area contributed by atoms with E-state index < -0.39 is 0 Å². The van der Waals surface area contributed by atoms with Crippen LogP contribution in [0.25, 0.3) is 0 Å². The van der Waals surface area contributed by atoms with Gasteiger partial charge >= 0.3 is 0 Å². The molecule has 1 aliphatic heterocycles. The zero-order valence-electron chi connectivity index (χ0n) is 11.6. The van der Waals surface area contributed by atoms with Crippen LogP contribution in [-0.2, 0) is 0 Å². The first-order valence-electron chi connectivity index (χ1n) is 7.08. The molecule has 0 saturated carbocycles. The van der Waals surface area contributed by atoms with Crippen LogP contribution in [-0.4, -0.2) is 6.61 Å². The normalized spacial score (nSPS) is 18.7. The van der Waals surface area contributed by atoms with Crippen molar-refractivity contribution in [1.82, 2.24) is 0 Å². The molecule has 2 aromatic carbocycles. The van der Waals surface area contributed by atoms with Crippen LogP contribution in [0.3, 0.4) is 0 Å². The van der Waals surface area contributed by atoms with Crippen molar-refractivity contribution in [3.8, 4) is 5.75 Å². The number of ether oxygens (including phenoxy) is 1. The Morgan fingerprint density at radius 1 is 1.24 bits per heavy atom. The standard InChI is InChI=1S/C17H17BrClNO/c18-14-6-3-5-13(17(14)19)15(20)10-11-8-9-21-16-7-2-1-4-12(11)16/h1-7,11,15H,8-10,20H2. The second-order valence-corrected chi connectivity index (χ2v) is 6.59. The van der Waals surface area contributed by atoms with Gasteiger partial charge in [0.15, 0.2) is 0 Å². The van der Waals surface area contributed by atoms with Gasteiger partial charge in [0.05, 0.1) is 11.6 Å². The minimum Gasteiger partial charge on any atom is -0.493 e. The molecule has 2 atom stereocenters. The fourth-order valence-corrected chi connectivity index (χ4v) is 3.55. The molecule has 2 unspecified atom stereocenters. The lowest BCUT2D eigenvalue weighted by Gasteiger charge is -2.28. The second-order valence-electron chi connectivity index (χ2n) is 5.36. The molecule has 1 heterocycles. The minimum absolute atomic E-state index is 0.0776. The molecule has 4 heteroatoms. The van der Waals surface area contributed by atoms with Crippen molar-refractivity contribution in [1.29, 1.82) is 0 Å². The molecule has 0 aromatic heterocycles. The van der Waals surface area contributed by atoms with Crippen LogP contribution in [0.4, 0.5) is 0 Å². The Bertz CT molecular complexity index is 646. The van der Waals surface area contributed by atoms with Crippen molar-refractivity contribution in [2.75, 3.05) is 6.61 Å². The van der Waals surface area contributed by atoms with E-state index >= 15 is 0 Å². The highest BCUT2D eigenvalue weighted by atomic mass is 79.9. The van der Waals surface area contributed by atoms with Crippen LogP contribution < -0.4 is 10.5 Å². The third-order valence-corrected chi connectivity index (χ3v) is 5.31. The highest BCUT2D eigenvalue weighted by Gasteiger charge is 2.24. The van der Waals surface area contributed by atoms with Gasteiger partial charge in [0.1, 0.15) is 5.75 Å². The lowest BCUT2D eigenvalue weighted by Crippen LogP contribution is -2.20. The molecular weight excluding hydrogens is 350 g/mol. The molecule has 21 heavy (non-hydrogen) atoms. The third kappa shape index (κ3) is 3.10. The van der Waals surface area contributed by atoms with Crippen molar-refractivity contribution in [2.45, 2.75) is 24.8 Å². The van der Waals surface area contributed by atoms with Gasteiger partial charge < -0.3 is 10.5 Å². The summed E-state index contributed by atoms with van der Waals surface area (Å²) in [5, 5.41) is 0.713. The number of para-hydroxylation sites is 1. The van der Waals surface area contributed by atoms with Crippen molar-refractivity contribution >= 4 is 27.5 Å². The van der Waals surface area contributed by atoms with E-state index in [2.05, 4.69) is 28.1 Å². The molecular formula is C17H17BrClNO. The van der Waals surface area contributed by atoms with Gasteiger partial charge in [0.2, 0.25) is 0 Å². The van der Waals surface area contributed by atoms with Gasteiger partial charge in [-0.1, -0.05) is 41.9 Å². The Hall–Kier alpha value is -1.03. The predicted octanol–water partition coefficient (Wildman–Crippen LogP) is 5.06. The largest absolute Gasteiger partial charge is 0.493 e. The van der Waals surface area contributed by atoms with E-state index in [4.69, 9.17) is 22.1 Å². The van der Waals surface area contributed by atoms with Crippen LogP contribution in [0.5, 0.6) is 5.75 Å². The molecule has 0 saturated heterocycles. The molecule has 3 rings (SSSR count). The van der Waals surface area contributed by atoms with E-state index in [0.717, 1.165) is 35.2 Å². The number of rotatable bonds is 3. The highest BCUT2D eigenvalue weighted by molar-refractivity contribution is 9.10. The maximum atomic E-state index is 6.41. The molecule has 1 aliphatic rings. The quantitative estimate of drug-likeness (QED) is 0.824. The fraction of sp³-hybridized carbons (Fsp3) is 0.294. The Kier molecular flexibility index (Phi) is 4.53. The van der Waals surface area contributed by atoms with Gasteiger partial charge in [0, 0.05) is 10.5 Å². The molecule has 0 aliphatic carbocycles. The molecule has 0 fully saturated rings. The predicted molar refractivity (Wildman–Crippen MR) is 90.0 cm³/mol. The van der Waals surface area contributed by atoms with E-state index in [1.54, 1.807) is 0 Å². The number of benzene rings is 2. The van der Waals surface area contributed by atoms with Crippen LogP contribution >= 0.6 is 27.5 Å². The summed E-state index contributed by atoms with van der Waals surface area (Å²) in [5.74, 6) is 1.40. The Morgan fingerprint density at radius 2 is 2.05 bits per heavy atom. The van der Waals surface area contributed by atoms with Gasteiger partial charge in [-0.3, -0.25) is 0 Å². The number of nitrogens with two attached hydrogens (primary N) is 1. The summed E-state index contributed by atoms with van der Waals surface area (Å²) < 4.78 is 6.60. The lowest BCUT2D eigenvalue weighted by molar-refractivity contribution is 0.259. The summed E-state index contributed by atoms with van der Waals surface area (Å²) in [5.41, 5.74) is 8.66. The Balaban J connectivity index is 1.83. The molecule has 0 spiro atoms. The first-order chi connectivity index (χ1) is 10.2. The van der Waals surface area contributed by atoms with Crippen molar-refractivity contribution in [3.63, 3.8) is 0 Å². The third-order valence-electron chi connectivity index (χ3n) is 4.00. The van der Waals surface area contributed by atoms with Crippen LogP contribution in [0, 0.1) is 0 Å². The smallest absolute Gasteiger partial charge is 0.122 e. The van der Waals surface area contributed by atoms with Gasteiger partial charge in [0.25, 0.3) is 0 Å². The Morgan fingerprint density at radius 3 is 2.90 bits per heavy atom. The monoisotopic (exact) mass is 365 g/mol. The Labute approximate surface area is 138 Å². The first-order valence-corrected chi connectivity index (χ1v) is 8.25. The van der Waals surface area contributed by atoms with E-state index in [0.29, 0.717) is 10.9 Å². The van der Waals surface area contributed by atoms with Crippen LogP contribution in [0.15, 0.2) is 46.9 Å². The summed E-state index contributed by atoms with van der Waals surface area (Å²) in [7, 11) is 0. The molecule has 110 valence electrons. The van der Waals surface area contributed by atoms with Gasteiger partial charge in [-0.15, -0.1) is 0 Å². The van der Waals surface area contributed by atoms with E-state index in [1.165, 1.54) is 5.56 Å².